The molecule has 70 heavy (non-hydrogen) atoms. The SMILES string of the molecule is COc1ccc(N(c2ccccc2)c2ccc(CC(c3ccccc3)c3ccc(C(Cc4ccc(N(c5ccccc5)c5ccc(OC(=O)OCC(C)=O)cc5)cc4)c4ccccc4)cc3)cc2)cc1. The molecular weight excluding hydrogens is 865 g/mol. The molecule has 7 heteroatoms. The monoisotopic (exact) mass is 918 g/mol. The van der Waals surface area contributed by atoms with Gasteiger partial charge in [0.2, 0.25) is 0 Å². The van der Waals surface area contributed by atoms with Gasteiger partial charge < -0.3 is 24.0 Å². The van der Waals surface area contributed by atoms with E-state index in [1.165, 1.54) is 40.3 Å². The Morgan fingerprint density at radius 2 is 0.700 bits per heavy atom. The minimum Gasteiger partial charge on any atom is -0.497 e. The summed E-state index contributed by atoms with van der Waals surface area (Å²) in [6.45, 7) is 1.02. The molecule has 0 aliphatic carbocycles. The minimum absolute atomic E-state index is 0.127. The first kappa shape index (κ1) is 46.4. The van der Waals surface area contributed by atoms with Gasteiger partial charge in [0.1, 0.15) is 11.5 Å². The van der Waals surface area contributed by atoms with Crippen molar-refractivity contribution in [2.24, 2.45) is 0 Å². The maximum absolute atomic E-state index is 12.1. The molecule has 0 spiro atoms. The fourth-order valence-corrected chi connectivity index (χ4v) is 8.95. The van der Waals surface area contributed by atoms with Crippen molar-refractivity contribution < 1.29 is 23.8 Å². The second-order valence-electron chi connectivity index (χ2n) is 17.2. The number of para-hydroxylation sites is 2. The van der Waals surface area contributed by atoms with E-state index in [1.807, 2.05) is 48.5 Å². The molecule has 0 aliphatic rings. The fraction of sp³-hybridized carbons (Fsp3) is 0.111. The molecule has 0 aromatic heterocycles. The van der Waals surface area contributed by atoms with Crippen LogP contribution < -0.4 is 19.3 Å². The zero-order valence-corrected chi connectivity index (χ0v) is 39.3. The Hall–Kier alpha value is -8.68. The summed E-state index contributed by atoms with van der Waals surface area (Å²) in [6, 6.07) is 84.6. The molecule has 0 saturated heterocycles. The third-order valence-electron chi connectivity index (χ3n) is 12.5. The lowest BCUT2D eigenvalue weighted by Crippen LogP contribution is -2.15. The highest BCUT2D eigenvalue weighted by molar-refractivity contribution is 5.80. The summed E-state index contributed by atoms with van der Waals surface area (Å²) in [5.74, 6) is 1.16. The molecule has 0 bridgehead atoms. The first-order valence-corrected chi connectivity index (χ1v) is 23.5. The summed E-state index contributed by atoms with van der Waals surface area (Å²) in [5, 5.41) is 0. The van der Waals surface area contributed by atoms with Gasteiger partial charge in [-0.25, -0.2) is 4.79 Å². The van der Waals surface area contributed by atoms with Gasteiger partial charge in [0.05, 0.1) is 7.11 Å². The molecule has 346 valence electrons. The molecule has 9 aromatic rings. The number of nitrogens with zero attached hydrogens (tertiary/aromatic N) is 2. The lowest BCUT2D eigenvalue weighted by atomic mass is 9.82. The third-order valence-corrected chi connectivity index (χ3v) is 12.5. The van der Waals surface area contributed by atoms with Crippen LogP contribution in [0.15, 0.2) is 243 Å². The third kappa shape index (κ3) is 11.5. The van der Waals surface area contributed by atoms with Gasteiger partial charge >= 0.3 is 6.16 Å². The van der Waals surface area contributed by atoms with Gasteiger partial charge in [-0.1, -0.05) is 146 Å². The zero-order chi connectivity index (χ0) is 48.1. The molecule has 0 amide bonds. The van der Waals surface area contributed by atoms with Crippen LogP contribution in [-0.2, 0) is 22.4 Å². The van der Waals surface area contributed by atoms with E-state index in [9.17, 15) is 9.59 Å². The Bertz CT molecular complexity index is 3060. The van der Waals surface area contributed by atoms with Crippen LogP contribution in [-0.4, -0.2) is 25.7 Å². The number of ether oxygens (including phenoxy) is 3. The van der Waals surface area contributed by atoms with Crippen LogP contribution in [0.1, 0.15) is 52.1 Å². The molecule has 0 aliphatic heterocycles. The van der Waals surface area contributed by atoms with Crippen molar-refractivity contribution in [2.45, 2.75) is 31.6 Å². The number of Topliss-reactive ketones (excluding diaryl/α,β-unsaturated/α-hetero) is 1. The molecule has 9 aromatic carbocycles. The standard InChI is InChI=1S/C63H54N2O5/c1-46(66)45-69-63(67)70-60-41-37-58(38-42-60)65(54-21-13-6-14-22-54)56-33-25-48(26-34-56)44-62(50-17-9-4-10-18-50)52-29-27-51(28-30-52)61(49-15-7-3-8-16-49)43-47-23-31-55(32-24-47)64(53-19-11-5-12-20-53)57-35-39-59(68-2)40-36-57/h3-42,61-62H,43-45H2,1-2H3. The van der Waals surface area contributed by atoms with Gasteiger partial charge in [0.25, 0.3) is 0 Å². The van der Waals surface area contributed by atoms with E-state index in [4.69, 9.17) is 14.2 Å². The van der Waals surface area contributed by atoms with E-state index in [2.05, 4.69) is 192 Å². The number of ketones is 1. The molecule has 0 N–H and O–H groups in total. The number of hydrogen-bond acceptors (Lipinski definition) is 7. The van der Waals surface area contributed by atoms with Crippen LogP contribution in [0.3, 0.4) is 0 Å². The van der Waals surface area contributed by atoms with Crippen molar-refractivity contribution in [3.05, 3.63) is 276 Å². The van der Waals surface area contributed by atoms with Crippen LogP contribution in [0, 0.1) is 0 Å². The van der Waals surface area contributed by atoms with Crippen LogP contribution in [0.4, 0.5) is 38.9 Å². The first-order valence-electron chi connectivity index (χ1n) is 23.5. The van der Waals surface area contributed by atoms with Crippen molar-refractivity contribution in [2.75, 3.05) is 23.5 Å². The van der Waals surface area contributed by atoms with Crippen molar-refractivity contribution in [3.63, 3.8) is 0 Å². The number of hydrogen-bond donors (Lipinski definition) is 0. The van der Waals surface area contributed by atoms with E-state index >= 15 is 0 Å². The highest BCUT2D eigenvalue weighted by atomic mass is 16.7. The second kappa shape index (κ2) is 22.4. The Kier molecular flexibility index (Phi) is 14.9. The van der Waals surface area contributed by atoms with Crippen molar-refractivity contribution >= 4 is 46.1 Å². The molecule has 2 unspecified atom stereocenters. The normalized spacial score (nSPS) is 11.7. The number of methoxy groups -OCH3 is 1. The predicted molar refractivity (Wildman–Crippen MR) is 282 cm³/mol. The Morgan fingerprint density at radius 3 is 1.06 bits per heavy atom. The summed E-state index contributed by atoms with van der Waals surface area (Å²) in [7, 11) is 1.69. The number of rotatable bonds is 18. The molecule has 0 saturated carbocycles. The zero-order valence-electron chi connectivity index (χ0n) is 39.3. The fourth-order valence-electron chi connectivity index (χ4n) is 8.95. The molecular formula is C63H54N2O5. The highest BCUT2D eigenvalue weighted by Crippen LogP contribution is 2.39. The topological polar surface area (TPSA) is 68.3 Å². The lowest BCUT2D eigenvalue weighted by Gasteiger charge is -2.26. The van der Waals surface area contributed by atoms with Gasteiger partial charge in [-0.05, 0) is 150 Å². The summed E-state index contributed by atoms with van der Waals surface area (Å²) < 4.78 is 15.6. The Morgan fingerprint density at radius 1 is 0.386 bits per heavy atom. The van der Waals surface area contributed by atoms with Crippen LogP contribution in [0.25, 0.3) is 0 Å². The van der Waals surface area contributed by atoms with Crippen molar-refractivity contribution in [1.29, 1.82) is 0 Å². The summed E-state index contributed by atoms with van der Waals surface area (Å²) in [6.07, 6.45) is 0.738. The average Bonchev–Trinajstić information content (AvgIpc) is 3.42. The maximum Gasteiger partial charge on any atom is 0.514 e. The quantitative estimate of drug-likeness (QED) is 0.0627. The Balaban J connectivity index is 0.957. The molecule has 2 atom stereocenters. The molecule has 0 heterocycles. The number of carbonyl (C=O) groups is 2. The molecule has 0 fully saturated rings. The van der Waals surface area contributed by atoms with Crippen molar-refractivity contribution in [3.8, 4) is 11.5 Å². The van der Waals surface area contributed by atoms with E-state index in [-0.39, 0.29) is 24.2 Å². The molecule has 0 radical (unpaired) electrons. The van der Waals surface area contributed by atoms with Crippen molar-refractivity contribution in [1.82, 2.24) is 0 Å². The van der Waals surface area contributed by atoms with Gasteiger partial charge in [0.15, 0.2) is 12.4 Å². The van der Waals surface area contributed by atoms with Gasteiger partial charge in [0, 0.05) is 46.0 Å². The second-order valence-corrected chi connectivity index (χ2v) is 17.2. The minimum atomic E-state index is -0.921. The average molecular weight is 919 g/mol. The van der Waals surface area contributed by atoms with Gasteiger partial charge in [-0.3, -0.25) is 4.79 Å². The largest absolute Gasteiger partial charge is 0.514 e. The number of benzene rings is 9. The van der Waals surface area contributed by atoms with E-state index in [1.54, 1.807) is 19.2 Å². The Labute approximate surface area is 410 Å². The lowest BCUT2D eigenvalue weighted by molar-refractivity contribution is -0.120. The summed E-state index contributed by atoms with van der Waals surface area (Å²) >= 11 is 0. The predicted octanol–water partition coefficient (Wildman–Crippen LogP) is 15.5. The number of anilines is 6. The highest BCUT2D eigenvalue weighted by Gasteiger charge is 2.21. The van der Waals surface area contributed by atoms with E-state index in [0.717, 1.165) is 52.7 Å². The van der Waals surface area contributed by atoms with E-state index in [0.29, 0.717) is 5.75 Å². The molecule has 7 nitrogen and oxygen atoms in total. The summed E-state index contributed by atoms with van der Waals surface area (Å²) in [4.78, 5) is 27.8. The summed E-state index contributed by atoms with van der Waals surface area (Å²) in [5.41, 5.74) is 13.6. The van der Waals surface area contributed by atoms with Crippen LogP contribution in [0.5, 0.6) is 11.5 Å². The van der Waals surface area contributed by atoms with E-state index < -0.39 is 6.16 Å². The maximum atomic E-state index is 12.1. The number of carbonyl (C=O) groups excluding carboxylic acids is 2. The van der Waals surface area contributed by atoms with Crippen LogP contribution >= 0.6 is 0 Å². The van der Waals surface area contributed by atoms with Gasteiger partial charge in [-0.2, -0.15) is 0 Å². The van der Waals surface area contributed by atoms with Gasteiger partial charge in [-0.15, -0.1) is 0 Å². The first-order chi connectivity index (χ1) is 34.4. The molecule has 9 rings (SSSR count). The van der Waals surface area contributed by atoms with Crippen LogP contribution in [0.2, 0.25) is 0 Å². The smallest absolute Gasteiger partial charge is 0.497 e.